The maximum absolute atomic E-state index is 9.10. The van der Waals surface area contributed by atoms with Gasteiger partial charge in [0.1, 0.15) is 17.6 Å². The van der Waals surface area contributed by atoms with Crippen molar-refractivity contribution in [2.45, 2.75) is 51.7 Å². The lowest BCUT2D eigenvalue weighted by molar-refractivity contribution is -0.0738. The molecular formula is C22H35N5O. The number of nitrogens with one attached hydrogen (secondary N) is 1. The Hall–Kier alpha value is -1.68. The molecule has 2 fully saturated rings. The van der Waals surface area contributed by atoms with Crippen molar-refractivity contribution in [3.63, 3.8) is 0 Å². The third-order valence-corrected chi connectivity index (χ3v) is 6.17. The van der Waals surface area contributed by atoms with Crippen molar-refractivity contribution in [3.8, 4) is 6.07 Å². The Balaban J connectivity index is 1.64. The summed E-state index contributed by atoms with van der Waals surface area (Å²) < 4.78 is 5.87. The number of pyridine rings is 1. The van der Waals surface area contributed by atoms with Gasteiger partial charge in [-0.3, -0.25) is 4.90 Å². The number of nitrogens with zero attached hydrogens (tertiary/aromatic N) is 4. The van der Waals surface area contributed by atoms with Gasteiger partial charge < -0.3 is 15.0 Å². The fourth-order valence-electron chi connectivity index (χ4n) is 4.44. The van der Waals surface area contributed by atoms with E-state index in [0.29, 0.717) is 5.69 Å². The highest BCUT2D eigenvalue weighted by atomic mass is 16.5. The van der Waals surface area contributed by atoms with Crippen molar-refractivity contribution in [2.24, 2.45) is 5.92 Å². The van der Waals surface area contributed by atoms with Gasteiger partial charge in [-0.1, -0.05) is 19.9 Å². The Morgan fingerprint density at radius 2 is 2.11 bits per heavy atom. The van der Waals surface area contributed by atoms with Gasteiger partial charge in [-0.05, 0) is 50.8 Å². The Bertz CT molecular complexity index is 665. The average molecular weight is 386 g/mol. The molecule has 0 bridgehead atoms. The van der Waals surface area contributed by atoms with Crippen molar-refractivity contribution in [1.82, 2.24) is 14.8 Å². The first-order valence-corrected chi connectivity index (χ1v) is 10.7. The van der Waals surface area contributed by atoms with Gasteiger partial charge in [-0.25, -0.2) is 4.98 Å². The SMILES string of the molecule is CC(C)CCN1CCN(C2(CNc3cccc(C#N)n3)CCOC(C)C2)CC1. The van der Waals surface area contributed by atoms with E-state index in [9.17, 15) is 0 Å². The molecule has 1 aromatic rings. The van der Waals surface area contributed by atoms with Crippen LogP contribution in [0, 0.1) is 17.2 Å². The van der Waals surface area contributed by atoms with E-state index >= 15 is 0 Å². The monoisotopic (exact) mass is 385 g/mol. The molecule has 0 spiro atoms. The van der Waals surface area contributed by atoms with Gasteiger partial charge in [-0.2, -0.15) is 5.26 Å². The maximum atomic E-state index is 9.10. The number of ether oxygens (including phenoxy) is 1. The first-order valence-electron chi connectivity index (χ1n) is 10.7. The number of hydrogen-bond donors (Lipinski definition) is 1. The summed E-state index contributed by atoms with van der Waals surface area (Å²) in [6.07, 6.45) is 3.62. The van der Waals surface area contributed by atoms with E-state index in [-0.39, 0.29) is 11.6 Å². The van der Waals surface area contributed by atoms with E-state index in [0.717, 1.165) is 63.9 Å². The molecule has 2 atom stereocenters. The fourth-order valence-corrected chi connectivity index (χ4v) is 4.44. The standard InChI is InChI=1S/C22H35N5O/c1-18(2)7-9-26-10-12-27(13-11-26)22(8-14-28-19(3)15-22)17-24-21-6-4-5-20(16-23)25-21/h4-6,18-19H,7-15,17H2,1-3H3,(H,24,25). The zero-order chi connectivity index (χ0) is 20.0. The van der Waals surface area contributed by atoms with Crippen LogP contribution in [0.25, 0.3) is 0 Å². The molecule has 2 unspecified atom stereocenters. The highest BCUT2D eigenvalue weighted by Crippen LogP contribution is 2.32. The van der Waals surface area contributed by atoms with Crippen molar-refractivity contribution >= 4 is 5.82 Å². The molecule has 3 rings (SSSR count). The van der Waals surface area contributed by atoms with Gasteiger partial charge in [0.2, 0.25) is 0 Å². The summed E-state index contributed by atoms with van der Waals surface area (Å²) in [7, 11) is 0. The molecular weight excluding hydrogens is 350 g/mol. The highest BCUT2D eigenvalue weighted by molar-refractivity contribution is 5.39. The summed E-state index contributed by atoms with van der Waals surface area (Å²) in [5.74, 6) is 1.55. The summed E-state index contributed by atoms with van der Waals surface area (Å²) in [5, 5.41) is 12.6. The molecule has 154 valence electrons. The maximum Gasteiger partial charge on any atom is 0.142 e. The molecule has 0 aromatic carbocycles. The molecule has 0 saturated carbocycles. The van der Waals surface area contributed by atoms with E-state index in [1.54, 1.807) is 6.07 Å². The molecule has 0 aliphatic carbocycles. The lowest BCUT2D eigenvalue weighted by atomic mass is 9.84. The number of rotatable bonds is 7. The molecule has 2 aliphatic heterocycles. The molecule has 6 nitrogen and oxygen atoms in total. The van der Waals surface area contributed by atoms with E-state index in [4.69, 9.17) is 10.00 Å². The van der Waals surface area contributed by atoms with Crippen LogP contribution < -0.4 is 5.32 Å². The Labute approximate surface area is 169 Å². The van der Waals surface area contributed by atoms with E-state index in [2.05, 4.69) is 46.9 Å². The summed E-state index contributed by atoms with van der Waals surface area (Å²) in [4.78, 5) is 9.68. The fraction of sp³-hybridized carbons (Fsp3) is 0.727. The molecule has 3 heterocycles. The molecule has 6 heteroatoms. The van der Waals surface area contributed by atoms with Crippen LogP contribution in [0.4, 0.5) is 5.82 Å². The third-order valence-electron chi connectivity index (χ3n) is 6.17. The van der Waals surface area contributed by atoms with Gasteiger partial charge in [0.25, 0.3) is 0 Å². The van der Waals surface area contributed by atoms with Crippen LogP contribution in [0.3, 0.4) is 0 Å². The van der Waals surface area contributed by atoms with Gasteiger partial charge >= 0.3 is 0 Å². The smallest absolute Gasteiger partial charge is 0.142 e. The third kappa shape index (κ3) is 5.44. The van der Waals surface area contributed by atoms with Crippen LogP contribution in [0.2, 0.25) is 0 Å². The lowest BCUT2D eigenvalue weighted by Crippen LogP contribution is -2.62. The van der Waals surface area contributed by atoms with E-state index in [1.165, 1.54) is 13.0 Å². The molecule has 2 aliphatic rings. The number of piperazine rings is 1. The van der Waals surface area contributed by atoms with Crippen LogP contribution in [0.5, 0.6) is 0 Å². The van der Waals surface area contributed by atoms with Crippen molar-refractivity contribution < 1.29 is 4.74 Å². The molecule has 1 N–H and O–H groups in total. The summed E-state index contributed by atoms with van der Waals surface area (Å²) in [6.45, 7) is 14.2. The molecule has 0 amide bonds. The average Bonchev–Trinajstić information content (AvgIpc) is 2.71. The summed E-state index contributed by atoms with van der Waals surface area (Å²) in [6, 6.07) is 7.70. The van der Waals surface area contributed by atoms with E-state index in [1.807, 2.05) is 12.1 Å². The highest BCUT2D eigenvalue weighted by Gasteiger charge is 2.41. The normalized spacial score (nSPS) is 26.9. The van der Waals surface area contributed by atoms with Crippen LogP contribution >= 0.6 is 0 Å². The molecule has 28 heavy (non-hydrogen) atoms. The number of anilines is 1. The second-order valence-electron chi connectivity index (χ2n) is 8.74. The van der Waals surface area contributed by atoms with Crippen molar-refractivity contribution in [1.29, 1.82) is 5.26 Å². The zero-order valence-electron chi connectivity index (χ0n) is 17.7. The molecule has 0 radical (unpaired) electrons. The van der Waals surface area contributed by atoms with Crippen LogP contribution in [0.15, 0.2) is 18.2 Å². The van der Waals surface area contributed by atoms with Crippen LogP contribution in [-0.2, 0) is 4.74 Å². The first kappa shape index (κ1) is 21.0. The second-order valence-corrected chi connectivity index (χ2v) is 8.74. The minimum absolute atomic E-state index is 0.0894. The summed E-state index contributed by atoms with van der Waals surface area (Å²) >= 11 is 0. The number of nitriles is 1. The number of hydrogen-bond acceptors (Lipinski definition) is 6. The minimum Gasteiger partial charge on any atom is -0.378 e. The Morgan fingerprint density at radius 1 is 1.32 bits per heavy atom. The summed E-state index contributed by atoms with van der Waals surface area (Å²) in [5.41, 5.74) is 0.546. The quantitative estimate of drug-likeness (QED) is 0.778. The second kappa shape index (κ2) is 9.69. The Kier molecular flexibility index (Phi) is 7.28. The van der Waals surface area contributed by atoms with Gasteiger partial charge in [0.15, 0.2) is 0 Å². The van der Waals surface area contributed by atoms with Crippen molar-refractivity contribution in [3.05, 3.63) is 23.9 Å². The zero-order valence-corrected chi connectivity index (χ0v) is 17.7. The topological polar surface area (TPSA) is 64.4 Å². The molecule has 2 saturated heterocycles. The Morgan fingerprint density at radius 3 is 2.79 bits per heavy atom. The lowest BCUT2D eigenvalue weighted by Gasteiger charge is -2.51. The predicted octanol–water partition coefficient (Wildman–Crippen LogP) is 2.97. The predicted molar refractivity (Wildman–Crippen MR) is 112 cm³/mol. The minimum atomic E-state index is 0.0894. The van der Waals surface area contributed by atoms with E-state index < -0.39 is 0 Å². The number of aromatic nitrogens is 1. The molecule has 1 aromatic heterocycles. The largest absolute Gasteiger partial charge is 0.378 e. The van der Waals surface area contributed by atoms with Gasteiger partial charge in [0, 0.05) is 44.9 Å². The van der Waals surface area contributed by atoms with Crippen LogP contribution in [-0.4, -0.2) is 72.3 Å². The van der Waals surface area contributed by atoms with Crippen LogP contribution in [0.1, 0.15) is 45.7 Å². The van der Waals surface area contributed by atoms with Gasteiger partial charge in [0.05, 0.1) is 6.10 Å². The van der Waals surface area contributed by atoms with Gasteiger partial charge in [-0.15, -0.1) is 0 Å². The first-order chi connectivity index (χ1) is 13.5. The van der Waals surface area contributed by atoms with Crippen molar-refractivity contribution in [2.75, 3.05) is 51.2 Å².